The maximum atomic E-state index is 3.31. The predicted molar refractivity (Wildman–Crippen MR) is 74.6 cm³/mol. The molecule has 2 heteroatoms. The van der Waals surface area contributed by atoms with Gasteiger partial charge in [0.05, 0.1) is 0 Å². The molecule has 0 saturated carbocycles. The van der Waals surface area contributed by atoms with Gasteiger partial charge in [-0.05, 0) is 44.5 Å². The van der Waals surface area contributed by atoms with Crippen molar-refractivity contribution in [2.45, 2.75) is 38.6 Å². The molecule has 1 aromatic rings. The molecule has 0 aromatic heterocycles. The Morgan fingerprint density at radius 3 is 2.47 bits per heavy atom. The van der Waals surface area contributed by atoms with Gasteiger partial charge in [-0.15, -0.1) is 0 Å². The van der Waals surface area contributed by atoms with E-state index in [9.17, 15) is 0 Å². The van der Waals surface area contributed by atoms with E-state index in [1.165, 1.54) is 50.0 Å². The Labute approximate surface area is 105 Å². The van der Waals surface area contributed by atoms with Crippen molar-refractivity contribution in [3.8, 4) is 0 Å². The highest BCUT2D eigenvalue weighted by Gasteiger charge is 2.11. The highest BCUT2D eigenvalue weighted by molar-refractivity contribution is 5.49. The third kappa shape index (κ3) is 3.22. The quantitative estimate of drug-likeness (QED) is 0.859. The smallest absolute Gasteiger partial charge is 0.0369 e. The Morgan fingerprint density at radius 1 is 1.12 bits per heavy atom. The van der Waals surface area contributed by atoms with E-state index in [1.807, 2.05) is 7.05 Å². The Bertz CT molecular complexity index is 341. The zero-order valence-corrected chi connectivity index (χ0v) is 11.1. The first-order valence-electron chi connectivity index (χ1n) is 6.83. The molecule has 1 atom stereocenters. The Balaban J connectivity index is 2.13. The van der Waals surface area contributed by atoms with Crippen LogP contribution in [0.25, 0.3) is 0 Å². The van der Waals surface area contributed by atoms with Crippen LogP contribution in [0.2, 0.25) is 0 Å². The second-order valence-electron chi connectivity index (χ2n) is 5.01. The van der Waals surface area contributed by atoms with E-state index in [2.05, 4.69) is 41.4 Å². The van der Waals surface area contributed by atoms with Crippen LogP contribution in [0.15, 0.2) is 24.3 Å². The Kier molecular flexibility index (Phi) is 4.43. The summed E-state index contributed by atoms with van der Waals surface area (Å²) in [4.78, 5) is 2.54. The standard InChI is InChI=1S/C15H24N2/c1-13(16-2)14-8-7-9-15(12-14)17-10-5-3-4-6-11-17/h7-9,12-13,16H,3-6,10-11H2,1-2H3. The van der Waals surface area contributed by atoms with Gasteiger partial charge in [0.2, 0.25) is 0 Å². The fraction of sp³-hybridized carbons (Fsp3) is 0.600. The molecule has 1 aliphatic heterocycles. The molecular weight excluding hydrogens is 208 g/mol. The largest absolute Gasteiger partial charge is 0.372 e. The first-order valence-corrected chi connectivity index (χ1v) is 6.83. The third-order valence-corrected chi connectivity index (χ3v) is 3.77. The van der Waals surface area contributed by atoms with E-state index in [1.54, 1.807) is 0 Å². The molecule has 1 fully saturated rings. The lowest BCUT2D eigenvalue weighted by Gasteiger charge is -2.24. The van der Waals surface area contributed by atoms with E-state index in [4.69, 9.17) is 0 Å². The molecule has 1 unspecified atom stereocenters. The summed E-state index contributed by atoms with van der Waals surface area (Å²) in [5, 5.41) is 3.31. The maximum absolute atomic E-state index is 3.31. The number of hydrogen-bond acceptors (Lipinski definition) is 2. The number of benzene rings is 1. The van der Waals surface area contributed by atoms with Crippen LogP contribution in [-0.2, 0) is 0 Å². The summed E-state index contributed by atoms with van der Waals surface area (Å²) in [6.45, 7) is 4.65. The summed E-state index contributed by atoms with van der Waals surface area (Å²) < 4.78 is 0. The highest BCUT2D eigenvalue weighted by Crippen LogP contribution is 2.23. The van der Waals surface area contributed by atoms with Crippen LogP contribution in [0.5, 0.6) is 0 Å². The van der Waals surface area contributed by atoms with Crippen molar-refractivity contribution < 1.29 is 0 Å². The zero-order valence-electron chi connectivity index (χ0n) is 11.1. The summed E-state index contributed by atoms with van der Waals surface area (Å²) in [6, 6.07) is 9.41. The van der Waals surface area contributed by atoms with Crippen molar-refractivity contribution in [3.63, 3.8) is 0 Å². The number of rotatable bonds is 3. The zero-order chi connectivity index (χ0) is 12.1. The van der Waals surface area contributed by atoms with Gasteiger partial charge >= 0.3 is 0 Å². The maximum Gasteiger partial charge on any atom is 0.0369 e. The van der Waals surface area contributed by atoms with Crippen LogP contribution < -0.4 is 10.2 Å². The Morgan fingerprint density at radius 2 is 1.82 bits per heavy atom. The molecule has 1 heterocycles. The molecule has 0 aliphatic carbocycles. The number of anilines is 1. The molecule has 17 heavy (non-hydrogen) atoms. The van der Waals surface area contributed by atoms with Gasteiger partial charge < -0.3 is 10.2 Å². The molecule has 94 valence electrons. The lowest BCUT2D eigenvalue weighted by molar-refractivity contribution is 0.651. The average Bonchev–Trinajstić information content (AvgIpc) is 2.67. The number of nitrogens with zero attached hydrogens (tertiary/aromatic N) is 1. The summed E-state index contributed by atoms with van der Waals surface area (Å²) in [6.07, 6.45) is 5.46. The Hall–Kier alpha value is -1.02. The highest BCUT2D eigenvalue weighted by atomic mass is 15.1. The molecule has 0 radical (unpaired) electrons. The summed E-state index contributed by atoms with van der Waals surface area (Å²) >= 11 is 0. The molecule has 1 aromatic carbocycles. The van der Waals surface area contributed by atoms with Gasteiger partial charge in [0.25, 0.3) is 0 Å². The van der Waals surface area contributed by atoms with Crippen LogP contribution in [0.4, 0.5) is 5.69 Å². The van der Waals surface area contributed by atoms with Crippen molar-refractivity contribution in [2.24, 2.45) is 0 Å². The molecule has 1 aliphatic rings. The van der Waals surface area contributed by atoms with E-state index in [0.29, 0.717) is 6.04 Å². The minimum absolute atomic E-state index is 0.432. The molecule has 0 spiro atoms. The average molecular weight is 232 g/mol. The van der Waals surface area contributed by atoms with Crippen molar-refractivity contribution in [2.75, 3.05) is 25.0 Å². The molecule has 0 bridgehead atoms. The molecular formula is C15H24N2. The summed E-state index contributed by atoms with van der Waals surface area (Å²) in [5.41, 5.74) is 2.78. The lowest BCUT2D eigenvalue weighted by Crippen LogP contribution is -2.24. The van der Waals surface area contributed by atoms with Gasteiger partial charge in [-0.2, -0.15) is 0 Å². The topological polar surface area (TPSA) is 15.3 Å². The van der Waals surface area contributed by atoms with Crippen LogP contribution in [0.1, 0.15) is 44.2 Å². The van der Waals surface area contributed by atoms with Crippen LogP contribution >= 0.6 is 0 Å². The number of nitrogens with one attached hydrogen (secondary N) is 1. The molecule has 2 rings (SSSR count). The first kappa shape index (κ1) is 12.4. The van der Waals surface area contributed by atoms with Gasteiger partial charge in [0, 0.05) is 24.8 Å². The molecule has 1 saturated heterocycles. The van der Waals surface area contributed by atoms with E-state index in [0.717, 1.165) is 0 Å². The van der Waals surface area contributed by atoms with Gasteiger partial charge in [-0.3, -0.25) is 0 Å². The fourth-order valence-corrected chi connectivity index (χ4v) is 2.49. The van der Waals surface area contributed by atoms with Crippen molar-refractivity contribution in [1.29, 1.82) is 0 Å². The second-order valence-corrected chi connectivity index (χ2v) is 5.01. The second kappa shape index (κ2) is 6.06. The molecule has 2 nitrogen and oxygen atoms in total. The minimum Gasteiger partial charge on any atom is -0.372 e. The fourth-order valence-electron chi connectivity index (χ4n) is 2.49. The lowest BCUT2D eigenvalue weighted by atomic mass is 10.1. The SMILES string of the molecule is CNC(C)c1cccc(N2CCCCCC2)c1. The normalized spacial score (nSPS) is 18.8. The number of hydrogen-bond donors (Lipinski definition) is 1. The molecule has 0 amide bonds. The van der Waals surface area contributed by atoms with Crippen molar-refractivity contribution in [1.82, 2.24) is 5.32 Å². The molecule has 1 N–H and O–H groups in total. The van der Waals surface area contributed by atoms with Crippen LogP contribution in [0.3, 0.4) is 0 Å². The van der Waals surface area contributed by atoms with Gasteiger partial charge in [0.15, 0.2) is 0 Å². The predicted octanol–water partition coefficient (Wildman–Crippen LogP) is 3.35. The van der Waals surface area contributed by atoms with Gasteiger partial charge in [-0.1, -0.05) is 25.0 Å². The first-order chi connectivity index (χ1) is 8.31. The van der Waals surface area contributed by atoms with Gasteiger partial charge in [0.1, 0.15) is 0 Å². The van der Waals surface area contributed by atoms with Crippen LogP contribution in [-0.4, -0.2) is 20.1 Å². The van der Waals surface area contributed by atoms with Gasteiger partial charge in [-0.25, -0.2) is 0 Å². The summed E-state index contributed by atoms with van der Waals surface area (Å²) in [5.74, 6) is 0. The van der Waals surface area contributed by atoms with E-state index in [-0.39, 0.29) is 0 Å². The van der Waals surface area contributed by atoms with E-state index >= 15 is 0 Å². The van der Waals surface area contributed by atoms with Crippen LogP contribution in [0, 0.1) is 0 Å². The monoisotopic (exact) mass is 232 g/mol. The third-order valence-electron chi connectivity index (χ3n) is 3.77. The van der Waals surface area contributed by atoms with Crippen molar-refractivity contribution >= 4 is 5.69 Å². The summed E-state index contributed by atoms with van der Waals surface area (Å²) in [7, 11) is 2.02. The minimum atomic E-state index is 0.432. The van der Waals surface area contributed by atoms with Crippen molar-refractivity contribution in [3.05, 3.63) is 29.8 Å². The van der Waals surface area contributed by atoms with E-state index < -0.39 is 0 Å².